The van der Waals surface area contributed by atoms with Gasteiger partial charge < -0.3 is 5.11 Å². The van der Waals surface area contributed by atoms with Crippen molar-refractivity contribution in [3.63, 3.8) is 0 Å². The minimum absolute atomic E-state index is 0.0617. The summed E-state index contributed by atoms with van der Waals surface area (Å²) in [5.74, 6) is -0.180. The maximum Gasteiger partial charge on any atom is 0.332 e. The van der Waals surface area contributed by atoms with Crippen LogP contribution in [-0.4, -0.2) is 28.2 Å². The van der Waals surface area contributed by atoms with E-state index in [0.29, 0.717) is 12.8 Å². The minimum atomic E-state index is -0.581. The number of nitrogens with zero attached hydrogens (tertiary/aromatic N) is 5. The van der Waals surface area contributed by atoms with Crippen molar-refractivity contribution in [1.29, 1.82) is 0 Å². The Morgan fingerprint density at radius 2 is 1.70 bits per heavy atom. The van der Waals surface area contributed by atoms with Crippen LogP contribution in [0, 0.1) is 0 Å². The first-order valence-corrected chi connectivity index (χ1v) is 9.83. The van der Waals surface area contributed by atoms with E-state index in [1.807, 2.05) is 37.3 Å². The van der Waals surface area contributed by atoms with Crippen LogP contribution >= 0.6 is 0 Å². The Morgan fingerprint density at radius 1 is 1.00 bits per heavy atom. The van der Waals surface area contributed by atoms with Crippen LogP contribution in [-0.2, 0) is 27.1 Å². The predicted octanol–water partition coefficient (Wildman–Crippen LogP) is 1.14. The third-order valence-corrected chi connectivity index (χ3v) is 5.43. The van der Waals surface area contributed by atoms with Crippen LogP contribution in [0.3, 0.4) is 0 Å². The molecule has 0 radical (unpaired) electrons. The van der Waals surface area contributed by atoms with Gasteiger partial charge in [0.05, 0.1) is 12.1 Å². The van der Waals surface area contributed by atoms with Crippen LogP contribution in [0.15, 0.2) is 44.7 Å². The lowest BCUT2D eigenvalue weighted by atomic mass is 10.1. The molecule has 156 valence electrons. The van der Waals surface area contributed by atoms with Gasteiger partial charge in [0, 0.05) is 14.1 Å². The molecule has 0 aliphatic heterocycles. The summed E-state index contributed by atoms with van der Waals surface area (Å²) in [6.07, 6.45) is 1.93. The molecule has 0 spiro atoms. The molecule has 0 bridgehead atoms. The zero-order valence-electron chi connectivity index (χ0n) is 17.1. The van der Waals surface area contributed by atoms with E-state index in [4.69, 9.17) is 0 Å². The molecule has 4 aromatic rings. The lowest BCUT2D eigenvalue weighted by molar-refractivity contribution is 0.432. The van der Waals surface area contributed by atoms with Gasteiger partial charge in [-0.05, 0) is 18.4 Å². The van der Waals surface area contributed by atoms with Crippen molar-refractivity contribution >= 4 is 16.9 Å². The highest BCUT2D eigenvalue weighted by Gasteiger charge is 2.24. The second-order valence-corrected chi connectivity index (χ2v) is 7.41. The number of imidazole rings is 1. The van der Waals surface area contributed by atoms with Crippen molar-refractivity contribution < 1.29 is 5.11 Å². The number of fused-ring (bicyclic) bond motifs is 3. The van der Waals surface area contributed by atoms with E-state index in [2.05, 4.69) is 4.98 Å². The minimum Gasteiger partial charge on any atom is -0.494 e. The van der Waals surface area contributed by atoms with E-state index in [0.717, 1.165) is 16.6 Å². The molecular weight excluding hydrogens is 386 g/mol. The molecule has 0 fully saturated rings. The highest BCUT2D eigenvalue weighted by Crippen LogP contribution is 2.23. The Bertz CT molecular complexity index is 1440. The van der Waals surface area contributed by atoms with Crippen molar-refractivity contribution in [2.75, 3.05) is 0 Å². The Balaban J connectivity index is 2.18. The van der Waals surface area contributed by atoms with Gasteiger partial charge in [-0.15, -0.1) is 0 Å². The van der Waals surface area contributed by atoms with Crippen molar-refractivity contribution in [1.82, 2.24) is 23.1 Å². The molecular formula is C21H23N5O4. The molecule has 0 unspecified atom stereocenters. The first kappa shape index (κ1) is 19.7. The van der Waals surface area contributed by atoms with Gasteiger partial charge in [0.1, 0.15) is 0 Å². The zero-order valence-corrected chi connectivity index (χ0v) is 17.1. The lowest BCUT2D eigenvalue weighted by Crippen LogP contribution is -2.37. The van der Waals surface area contributed by atoms with Gasteiger partial charge in [-0.3, -0.25) is 23.3 Å². The lowest BCUT2D eigenvalue weighted by Gasteiger charge is -2.13. The Labute approximate surface area is 171 Å². The quantitative estimate of drug-likeness (QED) is 0.532. The van der Waals surface area contributed by atoms with Gasteiger partial charge in [-0.2, -0.15) is 4.98 Å². The summed E-state index contributed by atoms with van der Waals surface area (Å²) in [6.45, 7) is 2.22. The van der Waals surface area contributed by atoms with Gasteiger partial charge in [0.2, 0.25) is 11.7 Å². The molecule has 0 amide bonds. The molecule has 3 aromatic heterocycles. The Hall–Kier alpha value is -3.62. The fraction of sp³-hybridized carbons (Fsp3) is 0.333. The predicted molar refractivity (Wildman–Crippen MR) is 113 cm³/mol. The van der Waals surface area contributed by atoms with Gasteiger partial charge in [-0.1, -0.05) is 43.7 Å². The highest BCUT2D eigenvalue weighted by atomic mass is 16.3. The maximum atomic E-state index is 13.3. The summed E-state index contributed by atoms with van der Waals surface area (Å²) >= 11 is 0. The van der Waals surface area contributed by atoms with E-state index < -0.39 is 11.2 Å². The third-order valence-electron chi connectivity index (χ3n) is 5.43. The average Bonchev–Trinajstić information content (AvgIpc) is 3.15. The molecule has 0 aliphatic carbocycles. The first-order chi connectivity index (χ1) is 14.4. The number of unbranched alkanes of at least 4 members (excludes halogenated alkanes) is 1. The fourth-order valence-corrected chi connectivity index (χ4v) is 3.73. The molecule has 0 saturated carbocycles. The second kappa shape index (κ2) is 7.33. The van der Waals surface area contributed by atoms with Crippen LogP contribution in [0.25, 0.3) is 16.9 Å². The molecule has 0 aliphatic rings. The summed E-state index contributed by atoms with van der Waals surface area (Å²) < 4.78 is 4.96. The smallest absolute Gasteiger partial charge is 0.332 e. The van der Waals surface area contributed by atoms with E-state index in [-0.39, 0.29) is 40.5 Å². The SMILES string of the molecule is CCCCc1c(O)n2c3c(=O)n(C)c(=O)n(C)c3nc2n(Cc2ccccc2)c1=O. The van der Waals surface area contributed by atoms with Crippen LogP contribution in [0.1, 0.15) is 30.9 Å². The van der Waals surface area contributed by atoms with Crippen LogP contribution in [0.2, 0.25) is 0 Å². The number of aromatic nitrogens is 5. The van der Waals surface area contributed by atoms with Crippen LogP contribution in [0.4, 0.5) is 0 Å². The number of benzene rings is 1. The largest absolute Gasteiger partial charge is 0.494 e. The van der Waals surface area contributed by atoms with Crippen molar-refractivity contribution in [3.8, 4) is 5.88 Å². The van der Waals surface area contributed by atoms with Crippen molar-refractivity contribution in [2.45, 2.75) is 32.7 Å². The standard InChI is InChI=1S/C21H23N5O4/c1-4-5-11-14-17(27)25(12-13-9-7-6-8-10-13)20-22-16-15(26(20)18(14)28)19(29)24(3)21(30)23(16)2/h6-10,28H,4-5,11-12H2,1-3H3. The monoisotopic (exact) mass is 409 g/mol. The van der Waals surface area contributed by atoms with Crippen LogP contribution in [0.5, 0.6) is 5.88 Å². The van der Waals surface area contributed by atoms with Crippen molar-refractivity contribution in [2.24, 2.45) is 14.1 Å². The second-order valence-electron chi connectivity index (χ2n) is 7.41. The van der Waals surface area contributed by atoms with E-state index in [9.17, 15) is 19.5 Å². The highest BCUT2D eigenvalue weighted by molar-refractivity contribution is 5.76. The Kier molecular flexibility index (Phi) is 4.81. The first-order valence-electron chi connectivity index (χ1n) is 9.83. The van der Waals surface area contributed by atoms with Gasteiger partial charge in [0.15, 0.2) is 11.2 Å². The number of aromatic hydroxyl groups is 1. The van der Waals surface area contributed by atoms with Gasteiger partial charge >= 0.3 is 5.69 Å². The van der Waals surface area contributed by atoms with E-state index in [1.165, 1.54) is 27.6 Å². The summed E-state index contributed by atoms with van der Waals surface area (Å²) in [5.41, 5.74) is -0.174. The molecule has 1 N–H and O–H groups in total. The zero-order chi connectivity index (χ0) is 21.6. The summed E-state index contributed by atoms with van der Waals surface area (Å²) in [6, 6.07) is 9.40. The fourth-order valence-electron chi connectivity index (χ4n) is 3.73. The molecule has 0 saturated heterocycles. The van der Waals surface area contributed by atoms with Crippen molar-refractivity contribution in [3.05, 3.63) is 72.7 Å². The van der Waals surface area contributed by atoms with Gasteiger partial charge in [-0.25, -0.2) is 9.20 Å². The average molecular weight is 409 g/mol. The van der Waals surface area contributed by atoms with E-state index in [1.54, 1.807) is 0 Å². The topological polar surface area (TPSA) is 104 Å². The molecule has 4 rings (SSSR count). The Morgan fingerprint density at radius 3 is 2.37 bits per heavy atom. The van der Waals surface area contributed by atoms with Crippen LogP contribution < -0.4 is 16.8 Å². The number of hydrogen-bond acceptors (Lipinski definition) is 5. The summed E-state index contributed by atoms with van der Waals surface area (Å²) in [7, 11) is 2.88. The number of rotatable bonds is 5. The molecule has 9 heteroatoms. The maximum absolute atomic E-state index is 13.3. The molecule has 0 atom stereocenters. The number of hydrogen-bond donors (Lipinski definition) is 1. The third kappa shape index (κ3) is 2.85. The number of aryl methyl sites for hydroxylation is 1. The summed E-state index contributed by atoms with van der Waals surface area (Å²) in [4.78, 5) is 43.0. The summed E-state index contributed by atoms with van der Waals surface area (Å²) in [5, 5.41) is 11.0. The van der Waals surface area contributed by atoms with Gasteiger partial charge in [0.25, 0.3) is 11.1 Å². The molecule has 1 aromatic carbocycles. The molecule has 9 nitrogen and oxygen atoms in total. The normalized spacial score (nSPS) is 11.6. The molecule has 30 heavy (non-hydrogen) atoms. The van der Waals surface area contributed by atoms with E-state index >= 15 is 0 Å². The molecule has 3 heterocycles.